The summed E-state index contributed by atoms with van der Waals surface area (Å²) in [5.74, 6) is -14.3. The molecule has 24 nitrogen and oxygen atoms in total. The number of ketones is 3. The van der Waals surface area contributed by atoms with Gasteiger partial charge in [-0.25, -0.2) is 4.68 Å². The van der Waals surface area contributed by atoms with Crippen LogP contribution in [0.25, 0.3) is 0 Å². The fraction of sp³-hybridized carbons (Fsp3) is 0.714. The molecule has 0 aliphatic rings. The molecule has 378 valence electrons. The van der Waals surface area contributed by atoms with Crippen LogP contribution in [0.1, 0.15) is 84.3 Å². The summed E-state index contributed by atoms with van der Waals surface area (Å²) < 4.78 is 34.8. The van der Waals surface area contributed by atoms with Crippen LogP contribution >= 0.6 is 0 Å². The number of nitrogens with one attached hydrogen (secondary N) is 3. The molecular weight excluding hydrogens is 894 g/mol. The molecule has 0 bridgehead atoms. The number of hydrogen-bond donors (Lipinski definition) is 7. The monoisotopic (exact) mass is 959 g/mol. The molecule has 1 rings (SSSR count). The lowest BCUT2D eigenvalue weighted by atomic mass is 9.86. The number of carbonyl (C=O) groups excluding carboxylic acids is 6. The Kier molecular flexibility index (Phi) is 29.7. The van der Waals surface area contributed by atoms with Crippen LogP contribution in [0.5, 0.6) is 0 Å². The molecule has 0 saturated carbocycles. The number of hydrogen-bond acceptors (Lipinski definition) is 16. The molecule has 7 N–H and O–H groups in total. The standard InChI is InChI=1S/C42H65FN6O18/c1-26(2)31(22-35(52)32(6-7-36(53)54)45-41(62)28(21-38(57)58)20-30(50)25-49-24-29(47-48-49)5-4-9-43)42(63)46-33(23-39(59)60)34(51)19-27(3)40(61)44-10-12-65-14-16-67-18-17-66-15-13-64-11-8-37(55)56/h24,26-28,31-33H,4-23,25H2,1-3H3,(H,44,61)(H,45,62)(H,46,63)(H,53,54)(H,55,56)(H,57,58)(H,59,60)/t27-,28+,31+,32+,33+/m1/s1/i43-1. The second-order valence-corrected chi connectivity index (χ2v) is 15.9. The number of aromatic nitrogens is 3. The lowest BCUT2D eigenvalue weighted by Gasteiger charge is -2.26. The van der Waals surface area contributed by atoms with Crippen LogP contribution < -0.4 is 16.0 Å². The number of carbonyl (C=O) groups is 10. The first-order valence-corrected chi connectivity index (χ1v) is 21.8. The molecule has 0 aliphatic heterocycles. The molecule has 3 amide bonds. The average Bonchev–Trinajstić information content (AvgIpc) is 3.69. The van der Waals surface area contributed by atoms with Gasteiger partial charge in [0.15, 0.2) is 17.3 Å². The number of aliphatic carboxylic acids is 4. The Balaban J connectivity index is 2.81. The number of aryl methyl sites for hydroxylation is 1. The van der Waals surface area contributed by atoms with Crippen LogP contribution in [0.4, 0.5) is 4.39 Å². The van der Waals surface area contributed by atoms with Crippen molar-refractivity contribution in [2.75, 3.05) is 66.1 Å². The number of rotatable bonds is 41. The van der Waals surface area contributed by atoms with Crippen molar-refractivity contribution < 1.29 is 91.7 Å². The maximum atomic E-state index is 13.7. The van der Waals surface area contributed by atoms with Gasteiger partial charge in [0.05, 0.1) is 102 Å². The number of amides is 3. The van der Waals surface area contributed by atoms with Gasteiger partial charge < -0.3 is 55.3 Å². The molecule has 1 heterocycles. The van der Waals surface area contributed by atoms with Crippen molar-refractivity contribution in [3.05, 3.63) is 11.9 Å². The van der Waals surface area contributed by atoms with Gasteiger partial charge in [0.2, 0.25) is 17.7 Å². The number of ether oxygens (including phenoxy) is 4. The van der Waals surface area contributed by atoms with Gasteiger partial charge in [-0.15, -0.1) is 5.10 Å². The minimum atomic E-state index is -1.61. The molecule has 67 heavy (non-hydrogen) atoms. The van der Waals surface area contributed by atoms with Crippen molar-refractivity contribution in [3.63, 3.8) is 0 Å². The zero-order chi connectivity index (χ0) is 50.3. The topological polar surface area (TPSA) is 355 Å². The van der Waals surface area contributed by atoms with Crippen molar-refractivity contribution in [1.82, 2.24) is 30.9 Å². The SMILES string of the molecule is CC(C)[C@H](CC(=O)[C@H](CCC(=O)O)NC(=O)[C@H](CC(=O)O)CC(=O)Cn1cc(CCC[18F])nn1)C(=O)N[C@@H](CC(=O)O)C(=O)C[C@@H](C)C(=O)NCCOCCOCCOCCOCCC(=O)O. The molecule has 0 aromatic carbocycles. The molecule has 0 unspecified atom stereocenters. The maximum absolute atomic E-state index is 13.7. The quantitative estimate of drug-likeness (QED) is 0.0425. The lowest BCUT2D eigenvalue weighted by Crippen LogP contribution is -2.49. The normalized spacial score (nSPS) is 13.4. The molecule has 1 aromatic heterocycles. The molecule has 1 aromatic rings. The van der Waals surface area contributed by atoms with E-state index in [0.717, 1.165) is 4.68 Å². The molecule has 5 atom stereocenters. The predicted octanol–water partition coefficient (Wildman–Crippen LogP) is 0.0234. The molecule has 0 spiro atoms. The highest BCUT2D eigenvalue weighted by Crippen LogP contribution is 2.21. The number of nitrogens with zero attached hydrogens (tertiary/aromatic N) is 3. The van der Waals surface area contributed by atoms with Crippen LogP contribution in [-0.4, -0.2) is 173 Å². The minimum absolute atomic E-state index is 0.0724. The molecular formula is C42H65FN6O18. The Morgan fingerprint density at radius 1 is 0.642 bits per heavy atom. The first-order chi connectivity index (χ1) is 31.7. The Labute approximate surface area is 386 Å². The number of halogens is 1. The van der Waals surface area contributed by atoms with Gasteiger partial charge in [0.1, 0.15) is 6.54 Å². The number of alkyl halides is 1. The van der Waals surface area contributed by atoms with E-state index in [1.807, 2.05) is 0 Å². The van der Waals surface area contributed by atoms with E-state index in [9.17, 15) is 67.7 Å². The van der Waals surface area contributed by atoms with Crippen molar-refractivity contribution in [2.45, 2.75) is 104 Å². The summed E-state index contributed by atoms with van der Waals surface area (Å²) in [5, 5.41) is 51.9. The number of carboxylic acid groups (broad SMARTS) is 4. The van der Waals surface area contributed by atoms with Crippen molar-refractivity contribution in [1.29, 1.82) is 0 Å². The van der Waals surface area contributed by atoms with E-state index in [0.29, 0.717) is 5.69 Å². The first-order valence-electron chi connectivity index (χ1n) is 21.8. The van der Waals surface area contributed by atoms with Crippen molar-refractivity contribution in [3.8, 4) is 0 Å². The van der Waals surface area contributed by atoms with Crippen LogP contribution in [-0.2, 0) is 79.9 Å². The highest BCUT2D eigenvalue weighted by Gasteiger charge is 2.35. The van der Waals surface area contributed by atoms with Gasteiger partial charge >= 0.3 is 23.9 Å². The zero-order valence-electron chi connectivity index (χ0n) is 38.1. The Morgan fingerprint density at radius 2 is 1.19 bits per heavy atom. The number of Topliss-reactive ketones (excluding diaryl/α,β-unsaturated/α-hetero) is 3. The van der Waals surface area contributed by atoms with E-state index in [2.05, 4.69) is 26.3 Å². The second kappa shape index (κ2) is 33.6. The van der Waals surface area contributed by atoms with Crippen LogP contribution in [0.15, 0.2) is 6.20 Å². The van der Waals surface area contributed by atoms with E-state index >= 15 is 0 Å². The third-order valence-corrected chi connectivity index (χ3v) is 9.83. The maximum Gasteiger partial charge on any atom is 0.305 e. The van der Waals surface area contributed by atoms with Crippen LogP contribution in [0.2, 0.25) is 0 Å². The van der Waals surface area contributed by atoms with Gasteiger partial charge in [0.25, 0.3) is 0 Å². The highest BCUT2D eigenvalue weighted by molar-refractivity contribution is 5.97. The van der Waals surface area contributed by atoms with Gasteiger partial charge in [0, 0.05) is 50.3 Å². The third kappa shape index (κ3) is 27.5. The van der Waals surface area contributed by atoms with Crippen molar-refractivity contribution in [2.24, 2.45) is 23.7 Å². The smallest absolute Gasteiger partial charge is 0.305 e. The molecule has 25 heteroatoms. The summed E-state index contributed by atoms with van der Waals surface area (Å²) in [5.41, 5.74) is 0.411. The minimum Gasteiger partial charge on any atom is -0.481 e. The Bertz CT molecular complexity index is 1780. The Hall–Kier alpha value is -5.79. The summed E-state index contributed by atoms with van der Waals surface area (Å²) in [6.07, 6.45) is -2.76. The molecule has 0 radical (unpaired) electrons. The molecule has 0 aliphatic carbocycles. The average molecular weight is 960 g/mol. The molecule has 0 saturated heterocycles. The fourth-order valence-electron chi connectivity index (χ4n) is 6.21. The van der Waals surface area contributed by atoms with E-state index in [1.54, 1.807) is 13.8 Å². The summed E-state index contributed by atoms with van der Waals surface area (Å²) >= 11 is 0. The largest absolute Gasteiger partial charge is 0.481 e. The zero-order valence-corrected chi connectivity index (χ0v) is 38.1. The van der Waals surface area contributed by atoms with E-state index in [4.69, 9.17) is 24.1 Å². The highest BCUT2D eigenvalue weighted by atomic mass is 18.2. The summed E-state index contributed by atoms with van der Waals surface area (Å²) in [7, 11) is 0. The summed E-state index contributed by atoms with van der Waals surface area (Å²) in [4.78, 5) is 125. The van der Waals surface area contributed by atoms with Gasteiger partial charge in [-0.05, 0) is 25.2 Å². The summed E-state index contributed by atoms with van der Waals surface area (Å²) in [6.45, 7) is 5.34. The van der Waals surface area contributed by atoms with Crippen molar-refractivity contribution >= 4 is 58.9 Å². The predicted molar refractivity (Wildman–Crippen MR) is 228 cm³/mol. The van der Waals surface area contributed by atoms with Gasteiger partial charge in [-0.3, -0.25) is 52.3 Å². The number of carboxylic acids is 4. The van der Waals surface area contributed by atoms with Gasteiger partial charge in [-0.2, -0.15) is 0 Å². The van der Waals surface area contributed by atoms with Crippen LogP contribution in [0, 0.1) is 23.7 Å². The first kappa shape index (κ1) is 59.2. The summed E-state index contributed by atoms with van der Waals surface area (Å²) in [6, 6.07) is -3.17. The Morgan fingerprint density at radius 3 is 1.75 bits per heavy atom. The second-order valence-electron chi connectivity index (χ2n) is 15.9. The third-order valence-electron chi connectivity index (χ3n) is 9.83. The fourth-order valence-corrected chi connectivity index (χ4v) is 6.21. The molecule has 0 fully saturated rings. The van der Waals surface area contributed by atoms with Gasteiger partial charge in [-0.1, -0.05) is 26.0 Å². The van der Waals surface area contributed by atoms with E-state index in [1.165, 1.54) is 13.1 Å². The lowest BCUT2D eigenvalue weighted by molar-refractivity contribution is -0.143. The van der Waals surface area contributed by atoms with Crippen LogP contribution in [0.3, 0.4) is 0 Å². The van der Waals surface area contributed by atoms with E-state index in [-0.39, 0.29) is 78.7 Å². The van der Waals surface area contributed by atoms with E-state index < -0.39 is 153 Å².